The van der Waals surface area contributed by atoms with Crippen LogP contribution < -0.4 is 16.4 Å². The lowest BCUT2D eigenvalue weighted by molar-refractivity contribution is 0.619. The number of benzene rings is 7. The number of hydrogen-bond donors (Lipinski definition) is 3. The normalized spacial score (nSPS) is 16.4. The first kappa shape index (κ1) is 33.9. The van der Waals surface area contributed by atoms with E-state index in [2.05, 4.69) is 176 Å². The zero-order chi connectivity index (χ0) is 37.4. The van der Waals surface area contributed by atoms with Crippen molar-refractivity contribution in [3.8, 4) is 22.3 Å². The largest absolute Gasteiger partial charge is 0.402 e. The van der Waals surface area contributed by atoms with E-state index < -0.39 is 5.54 Å². The molecule has 4 heteroatoms. The standard InChI is InChI=1S/C51H42N4/c1-3-4-13-28-53-51(2)47-31-38(52)26-27-41(47)44-32-45-46(33-48(44)51)50(55-40-23-15-21-37(30-40)35-18-9-6-10-19-35)43-25-12-11-24-42(43)49(45)54-39-22-14-20-36(29-39)34-16-7-5-8-17-34/h3-25,28-33,54-55H,1,26-27,52H2,2H3/b13-4-,53-28?. The van der Waals surface area contributed by atoms with Gasteiger partial charge in [0.1, 0.15) is 5.54 Å². The lowest BCUT2D eigenvalue weighted by Gasteiger charge is -2.26. The third-order valence-electron chi connectivity index (χ3n) is 11.0. The van der Waals surface area contributed by atoms with Crippen LogP contribution in [0.5, 0.6) is 0 Å². The van der Waals surface area contributed by atoms with Gasteiger partial charge in [-0.25, -0.2) is 0 Å². The Labute approximate surface area is 322 Å². The van der Waals surface area contributed by atoms with Gasteiger partial charge < -0.3 is 16.4 Å². The highest BCUT2D eigenvalue weighted by Gasteiger charge is 2.42. The lowest BCUT2D eigenvalue weighted by Crippen LogP contribution is -2.20. The van der Waals surface area contributed by atoms with E-state index >= 15 is 0 Å². The van der Waals surface area contributed by atoms with Crippen molar-refractivity contribution in [2.75, 3.05) is 10.6 Å². The van der Waals surface area contributed by atoms with Gasteiger partial charge in [0.05, 0.1) is 11.4 Å². The van der Waals surface area contributed by atoms with E-state index in [-0.39, 0.29) is 0 Å². The number of nitrogens with one attached hydrogen (secondary N) is 2. The van der Waals surface area contributed by atoms with Crippen LogP contribution in [0.3, 0.4) is 0 Å². The SMILES string of the molecule is C=C/C=C\C=NC1(C)C2=C(CCC(N)=C2)c2cc3c(Nc4cccc(-c5ccccc5)c4)c4ccccc4c(Nc4cccc(-c5ccccc5)c4)c3cc21. The molecule has 0 amide bonds. The van der Waals surface area contributed by atoms with Gasteiger partial charge in [0.2, 0.25) is 0 Å². The molecule has 0 heterocycles. The van der Waals surface area contributed by atoms with Gasteiger partial charge in [-0.1, -0.05) is 128 Å². The second kappa shape index (κ2) is 14.1. The summed E-state index contributed by atoms with van der Waals surface area (Å²) in [5.74, 6) is 0. The summed E-state index contributed by atoms with van der Waals surface area (Å²) in [6, 6.07) is 51.9. The number of rotatable bonds is 9. The van der Waals surface area contributed by atoms with Crippen molar-refractivity contribution in [2.45, 2.75) is 25.3 Å². The number of anilines is 4. The summed E-state index contributed by atoms with van der Waals surface area (Å²) in [7, 11) is 0. The van der Waals surface area contributed by atoms with Crippen molar-refractivity contribution in [3.63, 3.8) is 0 Å². The zero-order valence-corrected chi connectivity index (χ0v) is 30.9. The van der Waals surface area contributed by atoms with Crippen LogP contribution in [0.25, 0.3) is 49.4 Å². The van der Waals surface area contributed by atoms with Gasteiger partial charge in [-0.15, -0.1) is 0 Å². The molecule has 9 rings (SSSR count). The van der Waals surface area contributed by atoms with Gasteiger partial charge in [0.25, 0.3) is 0 Å². The summed E-state index contributed by atoms with van der Waals surface area (Å²) in [6.45, 7) is 6.07. The summed E-state index contributed by atoms with van der Waals surface area (Å²) in [6.07, 6.45) is 11.4. The molecule has 55 heavy (non-hydrogen) atoms. The maximum Gasteiger partial charge on any atom is 0.109 e. The molecule has 1 unspecified atom stereocenters. The molecule has 0 spiro atoms. The van der Waals surface area contributed by atoms with Gasteiger partial charge in [-0.3, -0.25) is 4.99 Å². The van der Waals surface area contributed by atoms with Crippen LogP contribution in [0.15, 0.2) is 193 Å². The predicted octanol–water partition coefficient (Wildman–Crippen LogP) is 13.2. The highest BCUT2D eigenvalue weighted by Crippen LogP contribution is 2.54. The molecule has 0 bridgehead atoms. The molecule has 0 aromatic heterocycles. The Balaban J connectivity index is 1.29. The molecule has 0 radical (unpaired) electrons. The zero-order valence-electron chi connectivity index (χ0n) is 30.9. The van der Waals surface area contributed by atoms with Gasteiger partial charge in [-0.2, -0.15) is 0 Å². The van der Waals surface area contributed by atoms with Gasteiger partial charge in [-0.05, 0) is 113 Å². The summed E-state index contributed by atoms with van der Waals surface area (Å²) in [4.78, 5) is 5.26. The Morgan fingerprint density at radius 2 is 1.15 bits per heavy atom. The molecule has 2 aliphatic carbocycles. The summed E-state index contributed by atoms with van der Waals surface area (Å²) < 4.78 is 0. The van der Waals surface area contributed by atoms with Crippen LogP contribution in [0.2, 0.25) is 0 Å². The Bertz CT molecular complexity index is 2740. The molecule has 0 fully saturated rings. The van der Waals surface area contributed by atoms with Crippen LogP contribution in [0.1, 0.15) is 30.9 Å². The first-order chi connectivity index (χ1) is 27.0. The third kappa shape index (κ3) is 6.22. The fourth-order valence-corrected chi connectivity index (χ4v) is 8.31. The fraction of sp³-hybridized carbons (Fsp3) is 0.0784. The van der Waals surface area contributed by atoms with Crippen molar-refractivity contribution < 1.29 is 0 Å². The molecule has 7 aromatic carbocycles. The molecule has 4 N–H and O–H groups in total. The molecule has 0 aliphatic heterocycles. The average Bonchev–Trinajstić information content (AvgIpc) is 3.46. The Morgan fingerprint density at radius 1 is 0.600 bits per heavy atom. The minimum atomic E-state index is -0.622. The van der Waals surface area contributed by atoms with E-state index in [1.165, 1.54) is 33.4 Å². The van der Waals surface area contributed by atoms with Crippen LogP contribution in [0, 0.1) is 0 Å². The first-order valence-corrected chi connectivity index (χ1v) is 18.9. The van der Waals surface area contributed by atoms with Crippen molar-refractivity contribution in [3.05, 3.63) is 199 Å². The lowest BCUT2D eigenvalue weighted by atomic mass is 9.85. The van der Waals surface area contributed by atoms with E-state index in [0.29, 0.717) is 0 Å². The molecule has 0 saturated heterocycles. The number of hydrogen-bond acceptors (Lipinski definition) is 4. The highest BCUT2D eigenvalue weighted by molar-refractivity contribution is 6.22. The fourth-order valence-electron chi connectivity index (χ4n) is 8.31. The average molecular weight is 711 g/mol. The number of allylic oxidation sites excluding steroid dienone is 5. The molecule has 266 valence electrons. The number of fused-ring (bicyclic) bond motifs is 4. The second-order valence-electron chi connectivity index (χ2n) is 14.5. The van der Waals surface area contributed by atoms with Crippen LogP contribution in [0.4, 0.5) is 22.7 Å². The summed E-state index contributed by atoms with van der Waals surface area (Å²) in [5.41, 5.74) is 20.6. The number of aliphatic imine (C=N–C) groups is 1. The maximum atomic E-state index is 6.55. The molecule has 2 aliphatic rings. The van der Waals surface area contributed by atoms with Crippen molar-refractivity contribution >= 4 is 56.1 Å². The van der Waals surface area contributed by atoms with E-state index in [0.717, 1.165) is 74.0 Å². The van der Waals surface area contributed by atoms with E-state index in [1.54, 1.807) is 6.08 Å². The first-order valence-electron chi connectivity index (χ1n) is 18.9. The van der Waals surface area contributed by atoms with Gasteiger partial charge >= 0.3 is 0 Å². The molecular formula is C51H42N4. The Hall–Kier alpha value is -6.91. The molecule has 0 saturated carbocycles. The van der Waals surface area contributed by atoms with Crippen LogP contribution >= 0.6 is 0 Å². The quantitative estimate of drug-likeness (QED) is 0.0605. The van der Waals surface area contributed by atoms with Crippen molar-refractivity contribution in [2.24, 2.45) is 10.7 Å². The van der Waals surface area contributed by atoms with Gasteiger partial charge in [0.15, 0.2) is 0 Å². The van der Waals surface area contributed by atoms with Crippen molar-refractivity contribution in [1.82, 2.24) is 0 Å². The third-order valence-corrected chi connectivity index (χ3v) is 11.0. The van der Waals surface area contributed by atoms with Crippen LogP contribution in [-0.2, 0) is 5.54 Å². The van der Waals surface area contributed by atoms with Crippen molar-refractivity contribution in [1.29, 1.82) is 0 Å². The molecule has 7 aromatic rings. The summed E-state index contributed by atoms with van der Waals surface area (Å²) >= 11 is 0. The van der Waals surface area contributed by atoms with E-state index in [1.807, 2.05) is 18.4 Å². The number of nitrogens with zero attached hydrogens (tertiary/aromatic N) is 1. The highest BCUT2D eigenvalue weighted by atomic mass is 14.9. The second-order valence-corrected chi connectivity index (χ2v) is 14.5. The molecular weight excluding hydrogens is 669 g/mol. The van der Waals surface area contributed by atoms with Crippen LogP contribution in [-0.4, -0.2) is 6.21 Å². The van der Waals surface area contributed by atoms with Gasteiger partial charge in [0, 0.05) is 44.8 Å². The topological polar surface area (TPSA) is 62.4 Å². The minimum absolute atomic E-state index is 0.622. The Kier molecular flexibility index (Phi) is 8.72. The van der Waals surface area contributed by atoms with E-state index in [4.69, 9.17) is 10.7 Å². The minimum Gasteiger partial charge on any atom is -0.402 e. The molecule has 1 atom stereocenters. The van der Waals surface area contributed by atoms with E-state index in [9.17, 15) is 0 Å². The predicted molar refractivity (Wildman–Crippen MR) is 235 cm³/mol. The smallest absolute Gasteiger partial charge is 0.109 e. The maximum absolute atomic E-state index is 6.55. The summed E-state index contributed by atoms with van der Waals surface area (Å²) in [5, 5.41) is 12.4. The molecule has 4 nitrogen and oxygen atoms in total. The Morgan fingerprint density at radius 3 is 1.73 bits per heavy atom. The number of nitrogens with two attached hydrogens (primary N) is 1. The monoisotopic (exact) mass is 710 g/mol.